The Labute approximate surface area is 98.3 Å². The van der Waals surface area contributed by atoms with Crippen LogP contribution in [0.4, 0.5) is 13.2 Å². The van der Waals surface area contributed by atoms with Crippen LogP contribution in [0.25, 0.3) is 0 Å². The van der Waals surface area contributed by atoms with Gasteiger partial charge >= 0.3 is 6.36 Å². The Morgan fingerprint density at radius 2 is 1.76 bits per heavy atom. The van der Waals surface area contributed by atoms with E-state index in [1.54, 1.807) is 12.1 Å². The molecule has 2 nitrogen and oxygen atoms in total. The smallest absolute Gasteiger partial charge is 0.406 e. The molecule has 0 unspecified atom stereocenters. The van der Waals surface area contributed by atoms with Crippen LogP contribution in [0, 0.1) is 0 Å². The van der Waals surface area contributed by atoms with Gasteiger partial charge in [-0.15, -0.1) is 13.2 Å². The Bertz CT molecular complexity index is 320. The molecule has 1 aromatic carbocycles. The first-order valence-electron chi connectivity index (χ1n) is 5.43. The molecule has 0 fully saturated rings. The summed E-state index contributed by atoms with van der Waals surface area (Å²) in [6, 6.07) is 5.69. The summed E-state index contributed by atoms with van der Waals surface area (Å²) in [5.41, 5.74) is 0.829. The monoisotopic (exact) mass is 248 g/mol. The molecule has 0 aliphatic rings. The molecular formula is C12H15F3O2. The van der Waals surface area contributed by atoms with E-state index in [1.807, 2.05) is 0 Å². The van der Waals surface area contributed by atoms with Gasteiger partial charge in [-0.25, -0.2) is 0 Å². The first-order chi connectivity index (χ1) is 8.01. The van der Waals surface area contributed by atoms with Gasteiger partial charge in [-0.05, 0) is 24.1 Å². The van der Waals surface area contributed by atoms with Gasteiger partial charge in [0.15, 0.2) is 0 Å². The van der Waals surface area contributed by atoms with E-state index in [9.17, 15) is 13.2 Å². The van der Waals surface area contributed by atoms with Crippen LogP contribution in [-0.4, -0.2) is 13.0 Å². The second-order valence-electron chi connectivity index (χ2n) is 3.60. The minimum atomic E-state index is -4.64. The van der Waals surface area contributed by atoms with E-state index in [1.165, 1.54) is 12.1 Å². The molecule has 0 spiro atoms. The third kappa shape index (κ3) is 6.16. The maximum absolute atomic E-state index is 11.9. The highest BCUT2D eigenvalue weighted by Crippen LogP contribution is 2.22. The number of hydrogen-bond acceptors (Lipinski definition) is 2. The van der Waals surface area contributed by atoms with Gasteiger partial charge in [-0.3, -0.25) is 0 Å². The lowest BCUT2D eigenvalue weighted by Gasteiger charge is -2.09. The number of ether oxygens (including phenoxy) is 2. The third-order valence-corrected chi connectivity index (χ3v) is 2.07. The van der Waals surface area contributed by atoms with Crippen molar-refractivity contribution in [1.82, 2.24) is 0 Å². The lowest BCUT2D eigenvalue weighted by molar-refractivity contribution is -0.274. The summed E-state index contributed by atoms with van der Waals surface area (Å²) < 4.78 is 44.7. The van der Waals surface area contributed by atoms with Gasteiger partial charge in [0, 0.05) is 6.61 Å². The van der Waals surface area contributed by atoms with Crippen molar-refractivity contribution in [3.63, 3.8) is 0 Å². The van der Waals surface area contributed by atoms with Crippen molar-refractivity contribution >= 4 is 0 Å². The second-order valence-corrected chi connectivity index (χ2v) is 3.60. The molecule has 96 valence electrons. The highest BCUT2D eigenvalue weighted by molar-refractivity contribution is 5.26. The Hall–Kier alpha value is -1.23. The summed E-state index contributed by atoms with van der Waals surface area (Å²) in [5, 5.41) is 0. The second kappa shape index (κ2) is 6.49. The maximum Gasteiger partial charge on any atom is 0.573 e. The van der Waals surface area contributed by atoms with E-state index >= 15 is 0 Å². The van der Waals surface area contributed by atoms with Gasteiger partial charge in [0.2, 0.25) is 0 Å². The summed E-state index contributed by atoms with van der Waals surface area (Å²) in [5.74, 6) is -0.213. The Balaban J connectivity index is 2.39. The molecule has 0 aromatic heterocycles. The average Bonchev–Trinajstić information content (AvgIpc) is 2.25. The molecule has 0 saturated carbocycles. The zero-order valence-corrected chi connectivity index (χ0v) is 9.59. The largest absolute Gasteiger partial charge is 0.573 e. The zero-order chi connectivity index (χ0) is 12.7. The van der Waals surface area contributed by atoms with Gasteiger partial charge in [-0.1, -0.05) is 25.5 Å². The molecule has 0 bridgehead atoms. The quantitative estimate of drug-likeness (QED) is 0.711. The van der Waals surface area contributed by atoms with E-state index in [2.05, 4.69) is 11.7 Å². The lowest BCUT2D eigenvalue weighted by Crippen LogP contribution is -2.17. The molecule has 0 aliphatic heterocycles. The molecule has 0 atom stereocenters. The topological polar surface area (TPSA) is 18.5 Å². The molecule has 17 heavy (non-hydrogen) atoms. The summed E-state index contributed by atoms with van der Waals surface area (Å²) >= 11 is 0. The van der Waals surface area contributed by atoms with Crippen LogP contribution in [0.3, 0.4) is 0 Å². The highest BCUT2D eigenvalue weighted by atomic mass is 19.4. The van der Waals surface area contributed by atoms with E-state index in [-0.39, 0.29) is 5.75 Å². The lowest BCUT2D eigenvalue weighted by atomic mass is 10.2. The summed E-state index contributed by atoms with van der Waals surface area (Å²) in [6.07, 6.45) is -2.60. The summed E-state index contributed by atoms with van der Waals surface area (Å²) in [4.78, 5) is 0. The van der Waals surface area contributed by atoms with Crippen LogP contribution in [0.1, 0.15) is 25.3 Å². The average molecular weight is 248 g/mol. The molecule has 0 radical (unpaired) electrons. The maximum atomic E-state index is 11.9. The number of hydrogen-bond donors (Lipinski definition) is 0. The fraction of sp³-hybridized carbons (Fsp3) is 0.500. The van der Waals surface area contributed by atoms with E-state index in [0.29, 0.717) is 13.2 Å². The van der Waals surface area contributed by atoms with E-state index in [0.717, 1.165) is 18.4 Å². The van der Waals surface area contributed by atoms with Crippen LogP contribution < -0.4 is 4.74 Å². The molecule has 1 rings (SSSR count). The van der Waals surface area contributed by atoms with Gasteiger partial charge in [0.25, 0.3) is 0 Å². The predicted octanol–water partition coefficient (Wildman–Crippen LogP) is 3.90. The molecule has 1 aromatic rings. The molecule has 0 saturated heterocycles. The SMILES string of the molecule is CCCCOCc1ccc(OC(F)(F)F)cc1. The van der Waals surface area contributed by atoms with Crippen molar-refractivity contribution in [2.75, 3.05) is 6.61 Å². The number of halogens is 3. The van der Waals surface area contributed by atoms with Crippen molar-refractivity contribution < 1.29 is 22.6 Å². The summed E-state index contributed by atoms with van der Waals surface area (Å²) in [7, 11) is 0. The van der Waals surface area contributed by atoms with E-state index < -0.39 is 6.36 Å². The van der Waals surface area contributed by atoms with E-state index in [4.69, 9.17) is 4.74 Å². The highest BCUT2D eigenvalue weighted by Gasteiger charge is 2.30. The molecule has 0 N–H and O–H groups in total. The van der Waals surface area contributed by atoms with Crippen molar-refractivity contribution in [2.24, 2.45) is 0 Å². The minimum Gasteiger partial charge on any atom is -0.406 e. The molecule has 0 amide bonds. The normalized spacial score (nSPS) is 11.5. The van der Waals surface area contributed by atoms with Crippen LogP contribution in [0.2, 0.25) is 0 Å². The van der Waals surface area contributed by atoms with Gasteiger partial charge < -0.3 is 9.47 Å². The van der Waals surface area contributed by atoms with Crippen molar-refractivity contribution in [1.29, 1.82) is 0 Å². The Kier molecular flexibility index (Phi) is 5.28. The number of unbranched alkanes of at least 4 members (excludes halogenated alkanes) is 1. The number of benzene rings is 1. The molecule has 0 heterocycles. The first-order valence-corrected chi connectivity index (χ1v) is 5.43. The number of rotatable bonds is 6. The van der Waals surface area contributed by atoms with Crippen molar-refractivity contribution in [2.45, 2.75) is 32.7 Å². The summed E-state index contributed by atoms with van der Waals surface area (Å²) in [6.45, 7) is 3.14. The van der Waals surface area contributed by atoms with Gasteiger partial charge in [0.1, 0.15) is 5.75 Å². The Morgan fingerprint density at radius 1 is 1.12 bits per heavy atom. The number of alkyl halides is 3. The van der Waals surface area contributed by atoms with Crippen LogP contribution >= 0.6 is 0 Å². The zero-order valence-electron chi connectivity index (χ0n) is 9.59. The predicted molar refractivity (Wildman–Crippen MR) is 57.7 cm³/mol. The van der Waals surface area contributed by atoms with Crippen LogP contribution in [0.15, 0.2) is 24.3 Å². The standard InChI is InChI=1S/C12H15F3O2/c1-2-3-8-16-9-10-4-6-11(7-5-10)17-12(13,14)15/h4-7H,2-3,8-9H2,1H3. The van der Waals surface area contributed by atoms with Crippen molar-refractivity contribution in [3.8, 4) is 5.75 Å². The fourth-order valence-electron chi connectivity index (χ4n) is 1.22. The minimum absolute atomic E-state index is 0.213. The molecule has 0 aliphatic carbocycles. The molecular weight excluding hydrogens is 233 g/mol. The molecule has 5 heteroatoms. The fourth-order valence-corrected chi connectivity index (χ4v) is 1.22. The van der Waals surface area contributed by atoms with Gasteiger partial charge in [0.05, 0.1) is 6.61 Å². The first kappa shape index (κ1) is 13.8. The van der Waals surface area contributed by atoms with Crippen molar-refractivity contribution in [3.05, 3.63) is 29.8 Å². The van der Waals surface area contributed by atoms with Crippen LogP contribution in [-0.2, 0) is 11.3 Å². The van der Waals surface area contributed by atoms with Crippen LogP contribution in [0.5, 0.6) is 5.75 Å². The third-order valence-electron chi connectivity index (χ3n) is 2.07. The van der Waals surface area contributed by atoms with Gasteiger partial charge in [-0.2, -0.15) is 0 Å². The Morgan fingerprint density at radius 3 is 2.29 bits per heavy atom.